The molecule has 1 aliphatic heterocycles. The molecule has 0 spiro atoms. The first-order chi connectivity index (χ1) is 8.50. The number of halogens is 1. The summed E-state index contributed by atoms with van der Waals surface area (Å²) in [5, 5.41) is 6.78. The zero-order valence-corrected chi connectivity index (χ0v) is 14.0. The summed E-state index contributed by atoms with van der Waals surface area (Å²) in [5.74, 6) is 0. The molecule has 1 saturated heterocycles. The normalized spacial score (nSPS) is 20.5. The summed E-state index contributed by atoms with van der Waals surface area (Å²) >= 11 is 1.80. The lowest BCUT2D eigenvalue weighted by Crippen LogP contribution is -2.36. The minimum Gasteiger partial charge on any atom is -0.318 e. The van der Waals surface area contributed by atoms with Gasteiger partial charge in [-0.15, -0.1) is 23.7 Å². The van der Waals surface area contributed by atoms with Crippen LogP contribution in [0.25, 0.3) is 0 Å². The van der Waals surface area contributed by atoms with E-state index in [9.17, 15) is 0 Å². The smallest absolute Gasteiger partial charge is 0.0982 e. The molecule has 1 N–H and O–H groups in total. The van der Waals surface area contributed by atoms with E-state index in [4.69, 9.17) is 4.98 Å². The summed E-state index contributed by atoms with van der Waals surface area (Å²) in [4.78, 5) is 7.36. The topological polar surface area (TPSA) is 28.2 Å². The molecule has 110 valence electrons. The van der Waals surface area contributed by atoms with Crippen LogP contribution in [0.4, 0.5) is 0 Å². The largest absolute Gasteiger partial charge is 0.318 e. The van der Waals surface area contributed by atoms with Crippen molar-refractivity contribution in [1.29, 1.82) is 0 Å². The van der Waals surface area contributed by atoms with Crippen molar-refractivity contribution in [2.24, 2.45) is 0 Å². The van der Waals surface area contributed by atoms with Crippen molar-refractivity contribution < 1.29 is 0 Å². The molecule has 1 aromatic heterocycles. The number of likely N-dealkylation sites (N-methyl/N-ethyl adjacent to an activating group) is 1. The van der Waals surface area contributed by atoms with Crippen LogP contribution in [0, 0.1) is 0 Å². The van der Waals surface area contributed by atoms with Gasteiger partial charge in [0.25, 0.3) is 0 Å². The van der Waals surface area contributed by atoms with Gasteiger partial charge < -0.3 is 5.32 Å². The molecule has 5 heteroatoms. The zero-order valence-electron chi connectivity index (χ0n) is 12.4. The fourth-order valence-electron chi connectivity index (χ4n) is 2.50. The number of likely N-dealkylation sites (tertiary alicyclic amines) is 1. The van der Waals surface area contributed by atoms with E-state index in [-0.39, 0.29) is 17.8 Å². The summed E-state index contributed by atoms with van der Waals surface area (Å²) in [5.41, 5.74) is 1.42. The van der Waals surface area contributed by atoms with Gasteiger partial charge in [0.2, 0.25) is 0 Å². The Morgan fingerprint density at radius 3 is 2.79 bits per heavy atom. The van der Waals surface area contributed by atoms with Crippen molar-refractivity contribution in [1.82, 2.24) is 15.2 Å². The number of thiazole rings is 1. The van der Waals surface area contributed by atoms with E-state index in [2.05, 4.69) is 36.4 Å². The predicted octanol–water partition coefficient (Wildman–Crippen LogP) is 3.05. The number of rotatable bonds is 4. The van der Waals surface area contributed by atoms with E-state index in [0.717, 1.165) is 13.1 Å². The average Bonchev–Trinajstić information content (AvgIpc) is 2.89. The Bertz CT molecular complexity index is 386. The second-order valence-corrected chi connectivity index (χ2v) is 7.08. The van der Waals surface area contributed by atoms with Crippen molar-refractivity contribution in [2.45, 2.75) is 51.6 Å². The first-order valence-corrected chi connectivity index (χ1v) is 7.72. The van der Waals surface area contributed by atoms with Crippen LogP contribution in [-0.2, 0) is 12.0 Å². The standard InChI is InChI=1S/C14H25N3S.ClH/c1-14(2,3)13-16-11(10-18-13)9-17-7-5-6-12(17)8-15-4;/h10,12,15H,5-9H2,1-4H3;1H. The van der Waals surface area contributed by atoms with Gasteiger partial charge in [0.15, 0.2) is 0 Å². The summed E-state index contributed by atoms with van der Waals surface area (Å²) in [6, 6.07) is 0.690. The maximum absolute atomic E-state index is 4.80. The van der Waals surface area contributed by atoms with E-state index in [1.807, 2.05) is 7.05 Å². The summed E-state index contributed by atoms with van der Waals surface area (Å²) in [7, 11) is 2.04. The lowest BCUT2D eigenvalue weighted by molar-refractivity contribution is 0.240. The first-order valence-electron chi connectivity index (χ1n) is 6.84. The van der Waals surface area contributed by atoms with E-state index >= 15 is 0 Å². The highest BCUT2D eigenvalue weighted by Gasteiger charge is 2.25. The molecule has 1 unspecified atom stereocenters. The molecule has 19 heavy (non-hydrogen) atoms. The molecule has 0 amide bonds. The van der Waals surface area contributed by atoms with E-state index < -0.39 is 0 Å². The van der Waals surface area contributed by atoms with Crippen LogP contribution in [0.2, 0.25) is 0 Å². The molecule has 0 aromatic carbocycles. The lowest BCUT2D eigenvalue weighted by atomic mass is 9.98. The van der Waals surface area contributed by atoms with Crippen LogP contribution < -0.4 is 5.32 Å². The molecule has 0 aliphatic carbocycles. The monoisotopic (exact) mass is 303 g/mol. The van der Waals surface area contributed by atoms with Gasteiger partial charge in [-0.05, 0) is 26.4 Å². The van der Waals surface area contributed by atoms with Crippen molar-refractivity contribution in [3.8, 4) is 0 Å². The Kier molecular flexibility index (Phi) is 6.24. The molecule has 0 radical (unpaired) electrons. The molecule has 1 aromatic rings. The van der Waals surface area contributed by atoms with E-state index in [1.54, 1.807) is 11.3 Å². The second kappa shape index (κ2) is 7.02. The minimum absolute atomic E-state index is 0. The molecule has 0 saturated carbocycles. The van der Waals surface area contributed by atoms with Gasteiger partial charge >= 0.3 is 0 Å². The molecular weight excluding hydrogens is 278 g/mol. The van der Waals surface area contributed by atoms with Gasteiger partial charge in [-0.25, -0.2) is 4.98 Å². The third-order valence-corrected chi connectivity index (χ3v) is 4.81. The average molecular weight is 304 g/mol. The van der Waals surface area contributed by atoms with Gasteiger partial charge in [0.1, 0.15) is 0 Å². The van der Waals surface area contributed by atoms with E-state index in [1.165, 1.54) is 30.1 Å². The van der Waals surface area contributed by atoms with Crippen LogP contribution in [0.5, 0.6) is 0 Å². The highest BCUT2D eigenvalue weighted by atomic mass is 35.5. The fourth-order valence-corrected chi connectivity index (χ4v) is 3.40. The molecule has 2 rings (SSSR count). The van der Waals surface area contributed by atoms with Gasteiger partial charge in [-0.1, -0.05) is 20.8 Å². The third kappa shape index (κ3) is 4.42. The van der Waals surface area contributed by atoms with Crippen molar-refractivity contribution in [2.75, 3.05) is 20.1 Å². The predicted molar refractivity (Wildman–Crippen MR) is 85.4 cm³/mol. The van der Waals surface area contributed by atoms with E-state index in [0.29, 0.717) is 6.04 Å². The van der Waals surface area contributed by atoms with Crippen molar-refractivity contribution in [3.63, 3.8) is 0 Å². The fraction of sp³-hybridized carbons (Fsp3) is 0.786. The molecule has 1 fully saturated rings. The molecule has 2 heterocycles. The quantitative estimate of drug-likeness (QED) is 0.926. The summed E-state index contributed by atoms with van der Waals surface area (Å²) in [6.45, 7) is 10.0. The van der Waals surface area contributed by atoms with Crippen LogP contribution in [0.3, 0.4) is 0 Å². The minimum atomic E-state index is 0. The Morgan fingerprint density at radius 2 is 2.21 bits per heavy atom. The van der Waals surface area contributed by atoms with Crippen LogP contribution in [0.15, 0.2) is 5.38 Å². The van der Waals surface area contributed by atoms with Crippen molar-refractivity contribution >= 4 is 23.7 Å². The zero-order chi connectivity index (χ0) is 13.2. The maximum atomic E-state index is 4.80. The highest BCUT2D eigenvalue weighted by Crippen LogP contribution is 2.27. The Balaban J connectivity index is 0.00000180. The number of hydrogen-bond acceptors (Lipinski definition) is 4. The summed E-state index contributed by atoms with van der Waals surface area (Å²) in [6.07, 6.45) is 2.64. The van der Waals surface area contributed by atoms with Crippen LogP contribution in [-0.4, -0.2) is 36.1 Å². The maximum Gasteiger partial charge on any atom is 0.0982 e. The highest BCUT2D eigenvalue weighted by molar-refractivity contribution is 7.09. The molecule has 1 aliphatic rings. The van der Waals surface area contributed by atoms with Gasteiger partial charge in [-0.3, -0.25) is 4.90 Å². The third-order valence-electron chi connectivity index (χ3n) is 3.50. The Morgan fingerprint density at radius 1 is 1.47 bits per heavy atom. The van der Waals surface area contributed by atoms with Gasteiger partial charge in [-0.2, -0.15) is 0 Å². The summed E-state index contributed by atoms with van der Waals surface area (Å²) < 4.78 is 0. The molecule has 1 atom stereocenters. The molecule has 3 nitrogen and oxygen atoms in total. The second-order valence-electron chi connectivity index (χ2n) is 6.22. The first kappa shape index (κ1) is 16.9. The van der Waals surface area contributed by atoms with Gasteiger partial charge in [0, 0.05) is 29.9 Å². The number of aromatic nitrogens is 1. The number of nitrogens with zero attached hydrogens (tertiary/aromatic N) is 2. The number of nitrogens with one attached hydrogen (secondary N) is 1. The van der Waals surface area contributed by atoms with Crippen LogP contribution in [0.1, 0.15) is 44.3 Å². The molecular formula is C14H26ClN3S. The molecule has 0 bridgehead atoms. The lowest BCUT2D eigenvalue weighted by Gasteiger charge is -2.23. The Hall–Kier alpha value is -0.160. The van der Waals surface area contributed by atoms with Crippen LogP contribution >= 0.6 is 23.7 Å². The SMILES string of the molecule is CNCC1CCCN1Cc1csc(C(C)(C)C)n1.Cl. The number of hydrogen-bond donors (Lipinski definition) is 1. The van der Waals surface area contributed by atoms with Gasteiger partial charge in [0.05, 0.1) is 10.7 Å². The van der Waals surface area contributed by atoms with Crippen molar-refractivity contribution in [3.05, 3.63) is 16.1 Å². The Labute approximate surface area is 127 Å².